The molecule has 3 aliphatic rings. The highest BCUT2D eigenvalue weighted by molar-refractivity contribution is 5.95. The van der Waals surface area contributed by atoms with E-state index < -0.39 is 72.2 Å². The summed E-state index contributed by atoms with van der Waals surface area (Å²) < 4.78 is 24.1. The zero-order valence-corrected chi connectivity index (χ0v) is 48.2. The van der Waals surface area contributed by atoms with E-state index >= 15 is 14.4 Å². The summed E-state index contributed by atoms with van der Waals surface area (Å²) in [6.07, 6.45) is -3.10. The van der Waals surface area contributed by atoms with E-state index in [4.69, 9.17) is 23.8 Å². The predicted molar refractivity (Wildman–Crippen MR) is 317 cm³/mol. The summed E-state index contributed by atoms with van der Waals surface area (Å²) >= 11 is 0. The van der Waals surface area contributed by atoms with E-state index in [0.29, 0.717) is 27.8 Å². The van der Waals surface area contributed by atoms with Crippen LogP contribution in [0.15, 0.2) is 200 Å². The molecule has 4 atom stereocenters. The molecule has 0 bridgehead atoms. The lowest BCUT2D eigenvalue weighted by atomic mass is 9.98. The molecule has 10 rings (SSSR count). The molecule has 0 radical (unpaired) electrons. The lowest BCUT2D eigenvalue weighted by molar-refractivity contribution is -0.216. The van der Waals surface area contributed by atoms with Gasteiger partial charge in [0.25, 0.3) is 11.8 Å². The lowest BCUT2D eigenvalue weighted by Crippen LogP contribution is -2.65. The van der Waals surface area contributed by atoms with Gasteiger partial charge in [0.15, 0.2) is 12.1 Å². The normalized spacial score (nSPS) is 16.2. The van der Waals surface area contributed by atoms with E-state index in [-0.39, 0.29) is 71.1 Å². The number of carbonyl (C=O) groups is 7. The maximum absolute atomic E-state index is 15.6. The van der Waals surface area contributed by atoms with E-state index in [1.165, 1.54) is 20.9 Å². The van der Waals surface area contributed by atoms with E-state index in [1.807, 2.05) is 127 Å². The maximum atomic E-state index is 15.6. The summed E-state index contributed by atoms with van der Waals surface area (Å²) in [4.78, 5) is 112. The minimum absolute atomic E-state index is 0.0143. The quantitative estimate of drug-likeness (QED) is 0.0450. The van der Waals surface area contributed by atoms with Crippen LogP contribution >= 0.6 is 0 Å². The van der Waals surface area contributed by atoms with Crippen molar-refractivity contribution in [2.45, 2.75) is 95.5 Å². The number of rotatable bonds is 18. The number of benzene rings is 7. The molecule has 2 aliphatic heterocycles. The monoisotopic (exact) mass is 1160 g/mol. The molecule has 18 nitrogen and oxygen atoms in total. The molecule has 0 aromatic heterocycles. The number of hydrogen-bond donors (Lipinski definition) is 0. The highest BCUT2D eigenvalue weighted by Gasteiger charge is 2.48. The smallest absolute Gasteiger partial charge is 0.429 e. The van der Waals surface area contributed by atoms with Gasteiger partial charge in [-0.2, -0.15) is 0 Å². The van der Waals surface area contributed by atoms with Gasteiger partial charge in [-0.15, -0.1) is 0 Å². The molecule has 2 heterocycles. The van der Waals surface area contributed by atoms with Crippen molar-refractivity contribution >= 4 is 42.0 Å². The van der Waals surface area contributed by atoms with Crippen LogP contribution in [0.3, 0.4) is 0 Å². The number of hydrazine groups is 2. The summed E-state index contributed by atoms with van der Waals surface area (Å²) in [6, 6.07) is 55.2. The number of amides is 6. The van der Waals surface area contributed by atoms with E-state index in [1.54, 1.807) is 72.8 Å². The minimum atomic E-state index is -1.51. The Morgan fingerprint density at radius 1 is 0.488 bits per heavy atom. The summed E-state index contributed by atoms with van der Waals surface area (Å²) in [5.74, 6) is -3.67. The third kappa shape index (κ3) is 13.4. The van der Waals surface area contributed by atoms with Crippen molar-refractivity contribution in [1.29, 1.82) is 0 Å². The van der Waals surface area contributed by atoms with Crippen LogP contribution in [-0.2, 0) is 62.8 Å². The number of ether oxygens (including phenoxy) is 4. The molecule has 7 aromatic carbocycles. The van der Waals surface area contributed by atoms with Crippen molar-refractivity contribution < 1.29 is 57.3 Å². The third-order valence-electron chi connectivity index (χ3n) is 15.8. The Bertz CT molecular complexity index is 3410. The number of hydroxylamine groups is 2. The highest BCUT2D eigenvalue weighted by atomic mass is 16.7. The van der Waals surface area contributed by atoms with Crippen molar-refractivity contribution in [2.24, 2.45) is 0 Å². The van der Waals surface area contributed by atoms with Crippen LogP contribution in [0.4, 0.5) is 14.4 Å². The number of nitrogens with zero attached hydrogens (tertiary/aromatic N) is 6. The molecule has 0 saturated carbocycles. The molecule has 2 saturated heterocycles. The molecule has 86 heavy (non-hydrogen) atoms. The van der Waals surface area contributed by atoms with Crippen molar-refractivity contribution in [3.8, 4) is 11.1 Å². The van der Waals surface area contributed by atoms with Crippen LogP contribution in [0, 0.1) is 0 Å². The lowest BCUT2D eigenvalue weighted by Gasteiger charge is -2.45. The van der Waals surface area contributed by atoms with Crippen LogP contribution in [0.5, 0.6) is 0 Å². The first-order chi connectivity index (χ1) is 41.9. The van der Waals surface area contributed by atoms with Gasteiger partial charge in [-0.3, -0.25) is 19.2 Å². The Hall–Kier alpha value is -9.81. The molecule has 0 unspecified atom stereocenters. The average Bonchev–Trinajstić information content (AvgIpc) is 1.82. The number of carbonyl (C=O) groups excluding carboxylic acids is 7. The standard InChI is InChI=1S/C68H68N6O12/c1-47(63(76)72-60(40-24-41-70(72)66(79)82-43-49-25-9-4-10-26-49)65(78)86-61(52-31-15-7-16-32-52)53-33-17-8-18-34-53)69(3)62(75)48(2)74(85-45-51-29-13-6-14-30-51)64(77)59-39-23-42-71(67(80)83-44-50-27-11-5-12-28-50)73(59)68(81)84-46-58-56-37-21-19-35-54(56)55-36-20-22-38-57(55)58/h4-22,25-38,47-48,58-61H,23-24,39-46H2,1-3H3/t47-,48+,59-,60+/m1/s1. The van der Waals surface area contributed by atoms with Gasteiger partial charge in [-0.25, -0.2) is 44.3 Å². The Labute approximate surface area is 499 Å². The summed E-state index contributed by atoms with van der Waals surface area (Å²) in [5, 5.41) is 4.99. The Morgan fingerprint density at radius 2 is 0.919 bits per heavy atom. The Morgan fingerprint density at radius 3 is 1.42 bits per heavy atom. The van der Waals surface area contributed by atoms with Crippen molar-refractivity contribution in [3.63, 3.8) is 0 Å². The van der Waals surface area contributed by atoms with E-state index in [2.05, 4.69) is 0 Å². The SMILES string of the molecule is C[C@H](C(=O)N1[C@H](C(=O)OC(c2ccccc2)c2ccccc2)CCCN1C(=O)OCc1ccccc1)N(C)C(=O)[C@H](C)N(OCc1ccccc1)C(=O)[C@H]1CCCN(C(=O)OCc2ccccc2)N1C(=O)OCC1c2ccccc2-c2ccccc21. The number of fused-ring (bicyclic) bond motifs is 3. The fraction of sp³-hybridized carbons (Fsp3) is 0.279. The largest absolute Gasteiger partial charge is 0.451 e. The zero-order chi connectivity index (χ0) is 60.1. The summed E-state index contributed by atoms with van der Waals surface area (Å²) in [6.45, 7) is 2.20. The second-order valence-electron chi connectivity index (χ2n) is 21.3. The Kier molecular flexibility index (Phi) is 19.1. The van der Waals surface area contributed by atoms with Crippen LogP contribution in [-0.4, -0.2) is 123 Å². The minimum Gasteiger partial charge on any atom is -0.451 e. The third-order valence-corrected chi connectivity index (χ3v) is 15.8. The van der Waals surface area contributed by atoms with Crippen molar-refractivity contribution in [3.05, 3.63) is 239 Å². The molecular formula is C68H68N6O12. The zero-order valence-electron chi connectivity index (χ0n) is 48.2. The predicted octanol–water partition coefficient (Wildman–Crippen LogP) is 11.0. The second kappa shape index (κ2) is 27.7. The molecule has 0 spiro atoms. The van der Waals surface area contributed by atoms with E-state index in [9.17, 15) is 19.2 Å². The van der Waals surface area contributed by atoms with Crippen LogP contribution in [0.1, 0.15) is 90.5 Å². The van der Waals surface area contributed by atoms with Crippen molar-refractivity contribution in [2.75, 3.05) is 26.7 Å². The molecule has 18 heteroatoms. The van der Waals surface area contributed by atoms with Crippen LogP contribution in [0.25, 0.3) is 11.1 Å². The van der Waals surface area contributed by atoms with Gasteiger partial charge in [-0.05, 0) is 89.6 Å². The van der Waals surface area contributed by atoms with Gasteiger partial charge in [0.05, 0.1) is 0 Å². The maximum Gasteiger partial charge on any atom is 0.429 e. The molecule has 7 aromatic rings. The second-order valence-corrected chi connectivity index (χ2v) is 21.3. The first-order valence-electron chi connectivity index (χ1n) is 28.9. The van der Waals surface area contributed by atoms with Gasteiger partial charge in [0, 0.05) is 26.1 Å². The Balaban J connectivity index is 0.936. The molecule has 0 N–H and O–H groups in total. The first-order valence-corrected chi connectivity index (χ1v) is 28.9. The summed E-state index contributed by atoms with van der Waals surface area (Å²) in [7, 11) is 1.37. The van der Waals surface area contributed by atoms with Gasteiger partial charge in [0.2, 0.25) is 5.91 Å². The molecular weight excluding hydrogens is 1090 g/mol. The topological polar surface area (TPSA) is 185 Å². The number of hydrogen-bond acceptors (Lipinski definition) is 12. The fourth-order valence-corrected chi connectivity index (χ4v) is 11.2. The molecule has 2 fully saturated rings. The van der Waals surface area contributed by atoms with E-state index in [0.717, 1.165) is 52.3 Å². The van der Waals surface area contributed by atoms with Gasteiger partial charge >= 0.3 is 24.2 Å². The van der Waals surface area contributed by atoms with Crippen molar-refractivity contribution in [1.82, 2.24) is 30.0 Å². The van der Waals surface area contributed by atoms with Crippen LogP contribution < -0.4 is 0 Å². The molecule has 1 aliphatic carbocycles. The average molecular weight is 1160 g/mol. The molecule has 442 valence electrons. The van der Waals surface area contributed by atoms with Gasteiger partial charge in [-0.1, -0.05) is 200 Å². The first kappa shape index (κ1) is 59.4. The summed E-state index contributed by atoms with van der Waals surface area (Å²) in [5.41, 5.74) is 7.25. The highest BCUT2D eigenvalue weighted by Crippen LogP contribution is 2.45. The number of likely N-dealkylation sites (N-methyl/N-ethyl adjacent to an activating group) is 1. The van der Waals surface area contributed by atoms with Gasteiger partial charge < -0.3 is 23.8 Å². The van der Waals surface area contributed by atoms with Crippen LogP contribution in [0.2, 0.25) is 0 Å². The number of esters is 1. The van der Waals surface area contributed by atoms with Gasteiger partial charge in [0.1, 0.15) is 44.6 Å². The molecule has 6 amide bonds. The fourth-order valence-electron chi connectivity index (χ4n) is 11.2.